The molecule has 1 fully saturated rings. The molecular formula is C11H22N2O3. The van der Waals surface area contributed by atoms with Crippen LogP contribution in [0.4, 0.5) is 0 Å². The number of carbonyl (C=O) groups is 1. The number of aliphatic hydroxyl groups is 1. The second-order valence-corrected chi connectivity index (χ2v) is 4.39. The summed E-state index contributed by atoms with van der Waals surface area (Å²) >= 11 is 0. The molecule has 5 heteroatoms. The molecule has 0 aromatic heterocycles. The summed E-state index contributed by atoms with van der Waals surface area (Å²) in [6, 6.07) is 0. The molecule has 3 atom stereocenters. The van der Waals surface area contributed by atoms with Crippen molar-refractivity contribution in [3.63, 3.8) is 0 Å². The quantitative estimate of drug-likeness (QED) is 0.601. The van der Waals surface area contributed by atoms with Gasteiger partial charge in [0.1, 0.15) is 6.10 Å². The van der Waals surface area contributed by atoms with E-state index in [4.69, 9.17) is 10.5 Å². The number of rotatable bonds is 5. The Bertz CT molecular complexity index is 219. The summed E-state index contributed by atoms with van der Waals surface area (Å²) in [6.07, 6.45) is 3.00. The molecular weight excluding hydrogens is 208 g/mol. The van der Waals surface area contributed by atoms with Crippen molar-refractivity contribution in [1.29, 1.82) is 0 Å². The maximum Gasteiger partial charge on any atom is 0.250 e. The van der Waals surface area contributed by atoms with Crippen LogP contribution in [-0.4, -0.2) is 43.4 Å². The molecule has 1 saturated carbocycles. The lowest BCUT2D eigenvalue weighted by Crippen LogP contribution is -2.43. The van der Waals surface area contributed by atoms with Crippen LogP contribution < -0.4 is 11.1 Å². The average molecular weight is 230 g/mol. The maximum absolute atomic E-state index is 11.6. The van der Waals surface area contributed by atoms with Gasteiger partial charge < -0.3 is 20.9 Å². The largest absolute Gasteiger partial charge is 0.393 e. The van der Waals surface area contributed by atoms with Gasteiger partial charge in [-0.05, 0) is 25.2 Å². The third kappa shape index (κ3) is 4.08. The van der Waals surface area contributed by atoms with Gasteiger partial charge in [0.25, 0.3) is 0 Å². The van der Waals surface area contributed by atoms with Crippen molar-refractivity contribution < 1.29 is 14.6 Å². The average Bonchev–Trinajstić information content (AvgIpc) is 2.28. The van der Waals surface area contributed by atoms with Crippen LogP contribution in [0, 0.1) is 5.92 Å². The van der Waals surface area contributed by atoms with Gasteiger partial charge in [-0.1, -0.05) is 6.42 Å². The van der Waals surface area contributed by atoms with Crippen LogP contribution in [0.15, 0.2) is 0 Å². The van der Waals surface area contributed by atoms with Gasteiger partial charge in [0, 0.05) is 20.2 Å². The van der Waals surface area contributed by atoms with Crippen molar-refractivity contribution in [2.45, 2.75) is 37.9 Å². The fourth-order valence-corrected chi connectivity index (χ4v) is 2.12. The molecule has 1 amide bonds. The van der Waals surface area contributed by atoms with Crippen LogP contribution in [-0.2, 0) is 9.53 Å². The molecule has 3 unspecified atom stereocenters. The van der Waals surface area contributed by atoms with Gasteiger partial charge in [0.15, 0.2) is 0 Å². The summed E-state index contributed by atoms with van der Waals surface area (Å²) in [4.78, 5) is 11.6. The standard InChI is InChI=1S/C11H22N2O3/c1-16-10(6-12)11(15)13-7-8-3-2-4-9(14)5-8/h8-10,14H,2-7,12H2,1H3,(H,13,15). The Kier molecular flexibility index (Phi) is 5.73. The molecule has 0 aliphatic heterocycles. The molecule has 0 bridgehead atoms. The number of methoxy groups -OCH3 is 1. The van der Waals surface area contributed by atoms with E-state index >= 15 is 0 Å². The normalized spacial score (nSPS) is 27.4. The number of ether oxygens (including phenoxy) is 1. The van der Waals surface area contributed by atoms with Crippen LogP contribution in [0.5, 0.6) is 0 Å². The van der Waals surface area contributed by atoms with Crippen molar-refractivity contribution in [3.8, 4) is 0 Å². The molecule has 1 aliphatic carbocycles. The van der Waals surface area contributed by atoms with Crippen molar-refractivity contribution in [1.82, 2.24) is 5.32 Å². The van der Waals surface area contributed by atoms with Gasteiger partial charge >= 0.3 is 0 Å². The summed E-state index contributed by atoms with van der Waals surface area (Å²) in [5.41, 5.74) is 5.39. The predicted octanol–water partition coefficient (Wildman–Crippen LogP) is -0.373. The Morgan fingerprint density at radius 2 is 2.38 bits per heavy atom. The molecule has 0 aromatic rings. The van der Waals surface area contributed by atoms with E-state index in [2.05, 4.69) is 5.32 Å². The second-order valence-electron chi connectivity index (χ2n) is 4.39. The van der Waals surface area contributed by atoms with Gasteiger partial charge in [-0.25, -0.2) is 0 Å². The first-order valence-electron chi connectivity index (χ1n) is 5.86. The molecule has 94 valence electrons. The highest BCUT2D eigenvalue weighted by atomic mass is 16.5. The smallest absolute Gasteiger partial charge is 0.250 e. The zero-order valence-electron chi connectivity index (χ0n) is 9.82. The molecule has 4 N–H and O–H groups in total. The Balaban J connectivity index is 2.25. The van der Waals surface area contributed by atoms with E-state index in [1.165, 1.54) is 7.11 Å². The highest BCUT2D eigenvalue weighted by molar-refractivity contribution is 5.80. The number of nitrogens with one attached hydrogen (secondary N) is 1. The number of hydrogen-bond donors (Lipinski definition) is 3. The minimum atomic E-state index is -0.562. The predicted molar refractivity (Wildman–Crippen MR) is 60.8 cm³/mol. The zero-order valence-corrected chi connectivity index (χ0v) is 9.82. The number of carbonyl (C=O) groups excluding carboxylic acids is 1. The van der Waals surface area contributed by atoms with Gasteiger partial charge in [0.2, 0.25) is 5.91 Å². The van der Waals surface area contributed by atoms with E-state index in [1.807, 2.05) is 0 Å². The number of hydrogen-bond acceptors (Lipinski definition) is 4. The van der Waals surface area contributed by atoms with Gasteiger partial charge in [-0.15, -0.1) is 0 Å². The first-order chi connectivity index (χ1) is 7.67. The molecule has 5 nitrogen and oxygen atoms in total. The minimum Gasteiger partial charge on any atom is -0.393 e. The van der Waals surface area contributed by atoms with Crippen molar-refractivity contribution >= 4 is 5.91 Å². The van der Waals surface area contributed by atoms with Crippen LogP contribution in [0.2, 0.25) is 0 Å². The van der Waals surface area contributed by atoms with Crippen molar-refractivity contribution in [3.05, 3.63) is 0 Å². The maximum atomic E-state index is 11.6. The van der Waals surface area contributed by atoms with E-state index < -0.39 is 6.10 Å². The summed E-state index contributed by atoms with van der Waals surface area (Å²) in [7, 11) is 1.47. The lowest BCUT2D eigenvalue weighted by Gasteiger charge is -2.26. The molecule has 0 radical (unpaired) electrons. The summed E-state index contributed by atoms with van der Waals surface area (Å²) in [5.74, 6) is 0.216. The second kappa shape index (κ2) is 6.83. The zero-order chi connectivity index (χ0) is 12.0. The highest BCUT2D eigenvalue weighted by Crippen LogP contribution is 2.23. The monoisotopic (exact) mass is 230 g/mol. The number of nitrogens with two attached hydrogens (primary N) is 1. The first-order valence-corrected chi connectivity index (χ1v) is 5.86. The molecule has 16 heavy (non-hydrogen) atoms. The summed E-state index contributed by atoms with van der Waals surface area (Å²) in [5, 5.41) is 12.3. The fraction of sp³-hybridized carbons (Fsp3) is 0.909. The minimum absolute atomic E-state index is 0.162. The third-order valence-electron chi connectivity index (χ3n) is 3.11. The van der Waals surface area contributed by atoms with Crippen LogP contribution in [0.3, 0.4) is 0 Å². The Morgan fingerprint density at radius 1 is 1.62 bits per heavy atom. The topological polar surface area (TPSA) is 84.6 Å². The Hall–Kier alpha value is -0.650. The van der Waals surface area contributed by atoms with Gasteiger partial charge in [0.05, 0.1) is 6.10 Å². The molecule has 0 saturated heterocycles. The highest BCUT2D eigenvalue weighted by Gasteiger charge is 2.22. The van der Waals surface area contributed by atoms with E-state index in [0.717, 1.165) is 25.7 Å². The third-order valence-corrected chi connectivity index (χ3v) is 3.11. The van der Waals surface area contributed by atoms with Crippen molar-refractivity contribution in [2.75, 3.05) is 20.2 Å². The molecule has 0 aromatic carbocycles. The summed E-state index contributed by atoms with van der Waals surface area (Å²) in [6.45, 7) is 0.797. The van der Waals surface area contributed by atoms with E-state index in [9.17, 15) is 9.90 Å². The fourth-order valence-electron chi connectivity index (χ4n) is 2.12. The summed E-state index contributed by atoms with van der Waals surface area (Å²) < 4.78 is 4.94. The van der Waals surface area contributed by atoms with Gasteiger partial charge in [-0.2, -0.15) is 0 Å². The SMILES string of the molecule is COC(CN)C(=O)NCC1CCCC(O)C1. The Morgan fingerprint density at radius 3 is 2.94 bits per heavy atom. The van der Waals surface area contributed by atoms with Crippen LogP contribution in [0.1, 0.15) is 25.7 Å². The van der Waals surface area contributed by atoms with E-state index in [-0.39, 0.29) is 18.6 Å². The Labute approximate surface area is 96.3 Å². The molecule has 0 spiro atoms. The van der Waals surface area contributed by atoms with Crippen LogP contribution in [0.25, 0.3) is 0 Å². The molecule has 1 aliphatic rings. The lowest BCUT2D eigenvalue weighted by atomic mass is 9.87. The van der Waals surface area contributed by atoms with Crippen LogP contribution >= 0.6 is 0 Å². The van der Waals surface area contributed by atoms with Gasteiger partial charge in [-0.3, -0.25) is 4.79 Å². The lowest BCUT2D eigenvalue weighted by molar-refractivity contribution is -0.130. The molecule has 1 rings (SSSR count). The molecule has 0 heterocycles. The number of aliphatic hydroxyl groups excluding tert-OH is 1. The first kappa shape index (κ1) is 13.4. The van der Waals surface area contributed by atoms with Crippen molar-refractivity contribution in [2.24, 2.45) is 11.7 Å². The van der Waals surface area contributed by atoms with E-state index in [1.54, 1.807) is 0 Å². The van der Waals surface area contributed by atoms with E-state index in [0.29, 0.717) is 12.5 Å². The number of amides is 1.